The van der Waals surface area contributed by atoms with Crippen molar-refractivity contribution in [3.8, 4) is 17.2 Å². The fourth-order valence-electron chi connectivity index (χ4n) is 4.22. The van der Waals surface area contributed by atoms with Gasteiger partial charge in [0.15, 0.2) is 11.5 Å². The Hall–Kier alpha value is -4.46. The van der Waals surface area contributed by atoms with Gasteiger partial charge >= 0.3 is 0 Å². The van der Waals surface area contributed by atoms with Crippen LogP contribution in [-0.4, -0.2) is 41.5 Å². The molecule has 0 radical (unpaired) electrons. The van der Waals surface area contributed by atoms with Crippen molar-refractivity contribution in [2.75, 3.05) is 19.8 Å². The minimum atomic E-state index is -0.885. The first-order chi connectivity index (χ1) is 18.0. The summed E-state index contributed by atoms with van der Waals surface area (Å²) in [5, 5.41) is 11.3. The van der Waals surface area contributed by atoms with Crippen LogP contribution in [0.5, 0.6) is 17.2 Å². The molecule has 1 amide bonds. The maximum absolute atomic E-state index is 13.3. The van der Waals surface area contributed by atoms with E-state index in [0.29, 0.717) is 47.3 Å². The van der Waals surface area contributed by atoms with Gasteiger partial charge in [-0.25, -0.2) is 0 Å². The largest absolute Gasteiger partial charge is 0.507 e. The van der Waals surface area contributed by atoms with E-state index < -0.39 is 17.7 Å². The molecule has 192 valence electrons. The normalized spacial score (nSPS) is 16.6. The van der Waals surface area contributed by atoms with Crippen LogP contribution in [0.2, 0.25) is 0 Å². The van der Waals surface area contributed by atoms with Crippen molar-refractivity contribution in [3.05, 3.63) is 96.0 Å². The van der Waals surface area contributed by atoms with E-state index in [0.717, 1.165) is 0 Å². The lowest BCUT2D eigenvalue weighted by molar-refractivity contribution is -0.140. The first kappa shape index (κ1) is 25.6. The summed E-state index contributed by atoms with van der Waals surface area (Å²) in [6, 6.07) is 14.4. The van der Waals surface area contributed by atoms with E-state index >= 15 is 0 Å². The second kappa shape index (κ2) is 11.5. The second-order valence-electron chi connectivity index (χ2n) is 8.20. The highest BCUT2D eigenvalue weighted by molar-refractivity contribution is 6.46. The van der Waals surface area contributed by atoms with Crippen LogP contribution in [0.15, 0.2) is 83.5 Å². The summed E-state index contributed by atoms with van der Waals surface area (Å²) in [5.74, 6) is 0.283. The van der Waals surface area contributed by atoms with E-state index in [1.165, 1.54) is 11.2 Å². The zero-order valence-electron chi connectivity index (χ0n) is 20.8. The summed E-state index contributed by atoms with van der Waals surface area (Å²) >= 11 is 0. The molecule has 2 heterocycles. The number of aliphatic hydroxyl groups is 1. The monoisotopic (exact) mass is 503 g/mol. The predicted octanol–water partition coefficient (Wildman–Crippen LogP) is 5.26. The number of likely N-dealkylation sites (tertiary alicyclic amines) is 1. The van der Waals surface area contributed by atoms with Crippen LogP contribution in [0, 0.1) is 0 Å². The molecule has 0 bridgehead atoms. The zero-order valence-corrected chi connectivity index (χ0v) is 20.8. The van der Waals surface area contributed by atoms with Gasteiger partial charge in [0.05, 0.1) is 37.6 Å². The third-order valence-corrected chi connectivity index (χ3v) is 5.83. The smallest absolute Gasteiger partial charge is 0.296 e. The number of carbonyl (C=O) groups excluding carboxylic acids is 2. The predicted molar refractivity (Wildman–Crippen MR) is 137 cm³/mol. The molecule has 1 unspecified atom stereocenters. The number of ether oxygens (including phenoxy) is 3. The Kier molecular flexibility index (Phi) is 7.98. The van der Waals surface area contributed by atoms with Gasteiger partial charge in [-0.05, 0) is 67.9 Å². The molecule has 1 N–H and O–H groups in total. The van der Waals surface area contributed by atoms with E-state index in [1.54, 1.807) is 60.7 Å². The van der Waals surface area contributed by atoms with Gasteiger partial charge in [-0.15, -0.1) is 0 Å². The molecule has 8 nitrogen and oxygen atoms in total. The molecular weight excluding hydrogens is 474 g/mol. The van der Waals surface area contributed by atoms with Crippen LogP contribution in [0.25, 0.3) is 5.76 Å². The lowest BCUT2D eigenvalue weighted by Crippen LogP contribution is -2.29. The Morgan fingerprint density at radius 2 is 1.78 bits per heavy atom. The van der Waals surface area contributed by atoms with E-state index in [9.17, 15) is 14.7 Å². The average Bonchev–Trinajstić information content (AvgIpc) is 3.51. The highest BCUT2D eigenvalue weighted by Crippen LogP contribution is 2.43. The molecule has 0 saturated carbocycles. The number of hydrogen-bond acceptors (Lipinski definition) is 7. The zero-order chi connectivity index (χ0) is 26.4. The number of carbonyl (C=O) groups is 2. The number of nitrogens with zero attached hydrogens (tertiary/aromatic N) is 1. The summed E-state index contributed by atoms with van der Waals surface area (Å²) < 4.78 is 22.4. The molecule has 4 rings (SSSR count). The van der Waals surface area contributed by atoms with Crippen molar-refractivity contribution in [1.29, 1.82) is 0 Å². The molecule has 1 aromatic heterocycles. The van der Waals surface area contributed by atoms with Crippen molar-refractivity contribution in [2.24, 2.45) is 0 Å². The third kappa shape index (κ3) is 5.38. The molecule has 1 atom stereocenters. The minimum absolute atomic E-state index is 0.0251. The first-order valence-corrected chi connectivity index (χ1v) is 12.0. The summed E-state index contributed by atoms with van der Waals surface area (Å²) in [5.41, 5.74) is 0.941. The third-order valence-electron chi connectivity index (χ3n) is 5.83. The molecule has 0 aliphatic carbocycles. The maximum Gasteiger partial charge on any atom is 0.296 e. The summed E-state index contributed by atoms with van der Waals surface area (Å²) in [6.07, 6.45) is 3.12. The van der Waals surface area contributed by atoms with Crippen LogP contribution < -0.4 is 14.2 Å². The Morgan fingerprint density at radius 1 is 1.03 bits per heavy atom. The Morgan fingerprint density at radius 3 is 2.43 bits per heavy atom. The SMILES string of the molecule is C=CCOc1ccc(C2C(=C(O)c3ccc(OCC)cc3)C(=O)C(=O)N2Cc2ccco2)cc1OCC. The van der Waals surface area contributed by atoms with Gasteiger partial charge < -0.3 is 28.6 Å². The summed E-state index contributed by atoms with van der Waals surface area (Å²) in [6.45, 7) is 8.60. The first-order valence-electron chi connectivity index (χ1n) is 12.0. The van der Waals surface area contributed by atoms with Crippen LogP contribution in [0.1, 0.15) is 36.8 Å². The number of furan rings is 1. The molecule has 1 saturated heterocycles. The summed E-state index contributed by atoms with van der Waals surface area (Å²) in [4.78, 5) is 27.9. The topological polar surface area (TPSA) is 98.4 Å². The van der Waals surface area contributed by atoms with Gasteiger partial charge in [0.25, 0.3) is 11.7 Å². The number of aliphatic hydroxyl groups excluding tert-OH is 1. The van der Waals surface area contributed by atoms with E-state index in [2.05, 4.69) is 6.58 Å². The minimum Gasteiger partial charge on any atom is -0.507 e. The van der Waals surface area contributed by atoms with Gasteiger partial charge in [0, 0.05) is 5.56 Å². The molecule has 1 fully saturated rings. The van der Waals surface area contributed by atoms with Gasteiger partial charge in [-0.2, -0.15) is 0 Å². The molecule has 0 spiro atoms. The maximum atomic E-state index is 13.3. The van der Waals surface area contributed by atoms with Crippen molar-refractivity contribution < 1.29 is 33.3 Å². The van der Waals surface area contributed by atoms with Crippen LogP contribution >= 0.6 is 0 Å². The van der Waals surface area contributed by atoms with Crippen LogP contribution in [0.3, 0.4) is 0 Å². The number of ketones is 1. The molecular formula is C29H29NO7. The molecule has 1 aliphatic heterocycles. The van der Waals surface area contributed by atoms with Crippen molar-refractivity contribution in [3.63, 3.8) is 0 Å². The second-order valence-corrected chi connectivity index (χ2v) is 8.20. The van der Waals surface area contributed by atoms with Crippen LogP contribution in [0.4, 0.5) is 0 Å². The quantitative estimate of drug-likeness (QED) is 0.165. The molecule has 3 aromatic rings. The highest BCUT2D eigenvalue weighted by Gasteiger charge is 2.46. The lowest BCUT2D eigenvalue weighted by Gasteiger charge is -2.25. The number of Topliss-reactive ketones (excluding diaryl/α,β-unsaturated/α-hetero) is 1. The van der Waals surface area contributed by atoms with E-state index in [-0.39, 0.29) is 24.5 Å². The molecule has 2 aromatic carbocycles. The van der Waals surface area contributed by atoms with Gasteiger partial charge in [0.1, 0.15) is 23.9 Å². The molecule has 8 heteroatoms. The molecule has 37 heavy (non-hydrogen) atoms. The fraction of sp³-hybridized carbons (Fsp3) is 0.241. The fourth-order valence-corrected chi connectivity index (χ4v) is 4.22. The van der Waals surface area contributed by atoms with E-state index in [1.807, 2.05) is 13.8 Å². The van der Waals surface area contributed by atoms with Crippen molar-refractivity contribution in [1.82, 2.24) is 4.90 Å². The highest BCUT2D eigenvalue weighted by atomic mass is 16.5. The number of hydrogen-bond donors (Lipinski definition) is 1. The Balaban J connectivity index is 1.83. The average molecular weight is 504 g/mol. The lowest BCUT2D eigenvalue weighted by atomic mass is 9.95. The number of benzene rings is 2. The van der Waals surface area contributed by atoms with Gasteiger partial charge in [-0.1, -0.05) is 18.7 Å². The summed E-state index contributed by atoms with van der Waals surface area (Å²) in [7, 11) is 0. The van der Waals surface area contributed by atoms with Crippen molar-refractivity contribution in [2.45, 2.75) is 26.4 Å². The number of rotatable bonds is 11. The van der Waals surface area contributed by atoms with Gasteiger partial charge in [0.2, 0.25) is 0 Å². The standard InChI is InChI=1S/C29H29NO7/c1-4-15-37-23-14-11-20(17-24(23)35-6-3)26-25(27(31)19-9-12-21(13-10-19)34-5-2)28(32)29(33)30(26)18-22-8-7-16-36-22/h4,7-14,16-17,26,31H,1,5-6,15,18H2,2-3H3. The van der Waals surface area contributed by atoms with E-state index in [4.69, 9.17) is 18.6 Å². The number of amides is 1. The van der Waals surface area contributed by atoms with Crippen LogP contribution in [-0.2, 0) is 16.1 Å². The Labute approximate surface area is 215 Å². The van der Waals surface area contributed by atoms with Gasteiger partial charge in [-0.3, -0.25) is 9.59 Å². The molecule has 1 aliphatic rings. The van der Waals surface area contributed by atoms with Crippen molar-refractivity contribution >= 4 is 17.4 Å². The Bertz CT molecular complexity index is 1290.